The number of methoxy groups -OCH3 is 1. The summed E-state index contributed by atoms with van der Waals surface area (Å²) in [6.45, 7) is 0.480. The summed E-state index contributed by atoms with van der Waals surface area (Å²) in [5.41, 5.74) is 7.81. The average Bonchev–Trinajstić information content (AvgIpc) is 2.46. The third-order valence-electron chi connectivity index (χ3n) is 2.78. The Kier molecular flexibility index (Phi) is 3.75. The topological polar surface area (TPSA) is 52.3 Å². The highest BCUT2D eigenvalue weighted by atomic mass is 16.5. The van der Waals surface area contributed by atoms with Crippen molar-refractivity contribution in [2.24, 2.45) is 5.73 Å². The van der Waals surface area contributed by atoms with Crippen molar-refractivity contribution in [3.8, 4) is 5.75 Å². The minimum Gasteiger partial charge on any atom is -0.497 e. The van der Waals surface area contributed by atoms with Crippen LogP contribution in [0.25, 0.3) is 0 Å². The molecule has 0 aliphatic carbocycles. The lowest BCUT2D eigenvalue weighted by Crippen LogP contribution is -2.02. The molecular weight excluding hydrogens is 226 g/mol. The van der Waals surface area contributed by atoms with Crippen LogP contribution in [0.3, 0.4) is 0 Å². The Hall–Kier alpha value is -2.13. The van der Waals surface area contributed by atoms with Gasteiger partial charge in [0.2, 0.25) is 0 Å². The molecular formula is C15H15NO2. The van der Waals surface area contributed by atoms with Crippen molar-refractivity contribution in [1.82, 2.24) is 0 Å². The second-order valence-corrected chi connectivity index (χ2v) is 3.96. The lowest BCUT2D eigenvalue weighted by atomic mass is 10.0. The van der Waals surface area contributed by atoms with Crippen molar-refractivity contribution >= 4 is 5.78 Å². The van der Waals surface area contributed by atoms with Crippen LogP contribution in [0.2, 0.25) is 0 Å². The first-order valence-electron chi connectivity index (χ1n) is 5.72. The molecule has 0 aromatic heterocycles. The maximum absolute atomic E-state index is 12.2. The molecule has 0 spiro atoms. The molecule has 3 heteroatoms. The highest BCUT2D eigenvalue weighted by Gasteiger charge is 2.09. The smallest absolute Gasteiger partial charge is 0.193 e. The predicted molar refractivity (Wildman–Crippen MR) is 70.8 cm³/mol. The molecule has 0 bridgehead atoms. The lowest BCUT2D eigenvalue weighted by Gasteiger charge is -2.04. The standard InChI is InChI=1S/C15H15NO2/c1-18-14-4-2-3-13(9-14)15(17)12-7-5-11(10-16)6-8-12/h2-9H,10,16H2,1H3. The van der Waals surface area contributed by atoms with Crippen LogP contribution in [0.15, 0.2) is 48.5 Å². The minimum atomic E-state index is -0.0162. The van der Waals surface area contributed by atoms with Gasteiger partial charge in [-0.05, 0) is 17.7 Å². The number of ketones is 1. The first-order valence-corrected chi connectivity index (χ1v) is 5.72. The highest BCUT2D eigenvalue weighted by Crippen LogP contribution is 2.16. The van der Waals surface area contributed by atoms with Crippen molar-refractivity contribution in [2.45, 2.75) is 6.54 Å². The summed E-state index contributed by atoms with van der Waals surface area (Å²) < 4.78 is 5.11. The van der Waals surface area contributed by atoms with Gasteiger partial charge in [-0.15, -0.1) is 0 Å². The third-order valence-corrected chi connectivity index (χ3v) is 2.78. The van der Waals surface area contributed by atoms with Gasteiger partial charge in [0.05, 0.1) is 7.11 Å². The van der Waals surface area contributed by atoms with Crippen LogP contribution >= 0.6 is 0 Å². The molecule has 0 atom stereocenters. The molecule has 0 unspecified atom stereocenters. The van der Waals surface area contributed by atoms with Gasteiger partial charge in [-0.25, -0.2) is 0 Å². The number of carbonyl (C=O) groups excluding carboxylic acids is 1. The van der Waals surface area contributed by atoms with Crippen LogP contribution in [-0.2, 0) is 6.54 Å². The molecule has 0 saturated carbocycles. The fraction of sp³-hybridized carbons (Fsp3) is 0.133. The van der Waals surface area contributed by atoms with E-state index in [0.29, 0.717) is 23.4 Å². The second-order valence-electron chi connectivity index (χ2n) is 3.96. The number of hydrogen-bond donors (Lipinski definition) is 1. The highest BCUT2D eigenvalue weighted by molar-refractivity contribution is 6.09. The van der Waals surface area contributed by atoms with Gasteiger partial charge >= 0.3 is 0 Å². The maximum Gasteiger partial charge on any atom is 0.193 e. The molecule has 0 aliphatic rings. The Labute approximate surface area is 106 Å². The Bertz CT molecular complexity index is 547. The zero-order chi connectivity index (χ0) is 13.0. The Morgan fingerprint density at radius 2 is 1.83 bits per heavy atom. The molecule has 0 heterocycles. The summed E-state index contributed by atoms with van der Waals surface area (Å²) >= 11 is 0. The van der Waals surface area contributed by atoms with E-state index in [1.807, 2.05) is 18.2 Å². The summed E-state index contributed by atoms with van der Waals surface area (Å²) in [6, 6.07) is 14.5. The van der Waals surface area contributed by atoms with Crippen LogP contribution in [0, 0.1) is 0 Å². The van der Waals surface area contributed by atoms with E-state index in [1.54, 1.807) is 37.4 Å². The summed E-state index contributed by atoms with van der Waals surface area (Å²) in [7, 11) is 1.58. The molecule has 2 aromatic rings. The number of ether oxygens (including phenoxy) is 1. The Morgan fingerprint density at radius 1 is 1.11 bits per heavy atom. The van der Waals surface area contributed by atoms with E-state index in [1.165, 1.54) is 0 Å². The fourth-order valence-electron chi connectivity index (χ4n) is 1.72. The van der Waals surface area contributed by atoms with Gasteiger partial charge in [0.1, 0.15) is 5.75 Å². The van der Waals surface area contributed by atoms with E-state index < -0.39 is 0 Å². The van der Waals surface area contributed by atoms with E-state index >= 15 is 0 Å². The number of benzene rings is 2. The zero-order valence-corrected chi connectivity index (χ0v) is 10.2. The van der Waals surface area contributed by atoms with Crippen molar-refractivity contribution in [3.05, 3.63) is 65.2 Å². The number of hydrogen-bond acceptors (Lipinski definition) is 3. The van der Waals surface area contributed by atoms with Crippen LogP contribution in [0.4, 0.5) is 0 Å². The Balaban J connectivity index is 2.29. The second kappa shape index (κ2) is 5.47. The van der Waals surface area contributed by atoms with Gasteiger partial charge in [0, 0.05) is 17.7 Å². The van der Waals surface area contributed by atoms with Crippen LogP contribution < -0.4 is 10.5 Å². The molecule has 0 radical (unpaired) electrons. The summed E-state index contributed by atoms with van der Waals surface area (Å²) in [5, 5.41) is 0. The molecule has 2 rings (SSSR count). The van der Waals surface area contributed by atoms with Crippen molar-refractivity contribution in [1.29, 1.82) is 0 Å². The van der Waals surface area contributed by atoms with Crippen LogP contribution in [0.5, 0.6) is 5.75 Å². The molecule has 3 nitrogen and oxygen atoms in total. The van der Waals surface area contributed by atoms with Crippen LogP contribution in [-0.4, -0.2) is 12.9 Å². The van der Waals surface area contributed by atoms with Crippen molar-refractivity contribution in [3.63, 3.8) is 0 Å². The zero-order valence-electron chi connectivity index (χ0n) is 10.2. The van der Waals surface area contributed by atoms with Crippen molar-refractivity contribution in [2.75, 3.05) is 7.11 Å². The molecule has 18 heavy (non-hydrogen) atoms. The monoisotopic (exact) mass is 241 g/mol. The molecule has 0 amide bonds. The molecule has 0 aliphatic heterocycles. The predicted octanol–water partition coefficient (Wildman–Crippen LogP) is 2.38. The lowest BCUT2D eigenvalue weighted by molar-refractivity contribution is 0.103. The summed E-state index contributed by atoms with van der Waals surface area (Å²) in [6.07, 6.45) is 0. The third kappa shape index (κ3) is 2.57. The summed E-state index contributed by atoms with van der Waals surface area (Å²) in [5.74, 6) is 0.664. The number of nitrogens with two attached hydrogens (primary N) is 1. The quantitative estimate of drug-likeness (QED) is 0.836. The van der Waals surface area contributed by atoms with Gasteiger partial charge in [-0.3, -0.25) is 4.79 Å². The van der Waals surface area contributed by atoms with Gasteiger partial charge in [-0.1, -0.05) is 36.4 Å². The van der Waals surface area contributed by atoms with E-state index in [2.05, 4.69) is 0 Å². The first-order chi connectivity index (χ1) is 8.74. The van der Waals surface area contributed by atoms with Crippen molar-refractivity contribution < 1.29 is 9.53 Å². The van der Waals surface area contributed by atoms with E-state index in [-0.39, 0.29) is 5.78 Å². The average molecular weight is 241 g/mol. The fourth-order valence-corrected chi connectivity index (χ4v) is 1.72. The largest absolute Gasteiger partial charge is 0.497 e. The van der Waals surface area contributed by atoms with Crippen LogP contribution in [0.1, 0.15) is 21.5 Å². The molecule has 2 N–H and O–H groups in total. The maximum atomic E-state index is 12.2. The van der Waals surface area contributed by atoms with Gasteiger partial charge < -0.3 is 10.5 Å². The number of carbonyl (C=O) groups is 1. The number of rotatable bonds is 4. The molecule has 92 valence electrons. The van der Waals surface area contributed by atoms with Gasteiger partial charge in [-0.2, -0.15) is 0 Å². The summed E-state index contributed by atoms with van der Waals surface area (Å²) in [4.78, 5) is 12.2. The molecule has 0 saturated heterocycles. The molecule has 0 fully saturated rings. The van der Waals surface area contributed by atoms with Gasteiger partial charge in [0.25, 0.3) is 0 Å². The SMILES string of the molecule is COc1cccc(C(=O)c2ccc(CN)cc2)c1. The van der Waals surface area contributed by atoms with E-state index in [0.717, 1.165) is 5.56 Å². The normalized spacial score (nSPS) is 10.1. The minimum absolute atomic E-state index is 0.0162. The first kappa shape index (κ1) is 12.3. The Morgan fingerprint density at radius 3 is 2.44 bits per heavy atom. The van der Waals surface area contributed by atoms with Gasteiger partial charge in [0.15, 0.2) is 5.78 Å². The van der Waals surface area contributed by atoms with E-state index in [9.17, 15) is 4.79 Å². The molecule has 2 aromatic carbocycles. The van der Waals surface area contributed by atoms with E-state index in [4.69, 9.17) is 10.5 Å².